The highest BCUT2D eigenvalue weighted by Crippen LogP contribution is 2.25. The lowest BCUT2D eigenvalue weighted by atomic mass is 10.2. The molecule has 8 heteroatoms. The van der Waals surface area contributed by atoms with Gasteiger partial charge < -0.3 is 10.5 Å². The van der Waals surface area contributed by atoms with Crippen LogP contribution in [-0.4, -0.2) is 20.8 Å². The molecule has 2 aromatic rings. The molecule has 2 rings (SSSR count). The van der Waals surface area contributed by atoms with Crippen molar-refractivity contribution in [1.29, 1.82) is 0 Å². The van der Waals surface area contributed by atoms with Crippen LogP contribution in [0.15, 0.2) is 30.7 Å². The Morgan fingerprint density at radius 1 is 1.35 bits per heavy atom. The molecule has 0 aliphatic heterocycles. The molecule has 102 valence electrons. The smallest absolute Gasteiger partial charge is 0.288 e. The molecule has 2 heterocycles. The normalized spacial score (nSPS) is 10.1. The van der Waals surface area contributed by atoms with Gasteiger partial charge in [0.1, 0.15) is 11.9 Å². The molecule has 0 aromatic carbocycles. The van der Waals surface area contributed by atoms with Gasteiger partial charge in [-0.1, -0.05) is 0 Å². The number of nitrogens with zero attached hydrogens (tertiary/aromatic N) is 3. The lowest BCUT2D eigenvalue weighted by Gasteiger charge is -2.07. The van der Waals surface area contributed by atoms with E-state index in [-0.39, 0.29) is 22.9 Å². The van der Waals surface area contributed by atoms with Gasteiger partial charge in [0, 0.05) is 17.8 Å². The van der Waals surface area contributed by atoms with Gasteiger partial charge >= 0.3 is 0 Å². The summed E-state index contributed by atoms with van der Waals surface area (Å²) < 4.78 is 5.43. The minimum absolute atomic E-state index is 0.126. The zero-order chi connectivity index (χ0) is 14.7. The number of aryl methyl sites for hydroxylation is 1. The van der Waals surface area contributed by atoms with Crippen molar-refractivity contribution in [3.8, 4) is 11.6 Å². The van der Waals surface area contributed by atoms with E-state index in [1.807, 2.05) is 0 Å². The van der Waals surface area contributed by atoms with Gasteiger partial charge in [0.2, 0.25) is 11.8 Å². The average Bonchev–Trinajstić information content (AvgIpc) is 2.41. The van der Waals surface area contributed by atoms with Crippen LogP contribution < -0.4 is 10.5 Å². The Labute approximate surface area is 113 Å². The summed E-state index contributed by atoms with van der Waals surface area (Å²) in [5.74, 6) is -0.166. The molecule has 8 nitrogen and oxygen atoms in total. The van der Waals surface area contributed by atoms with Crippen LogP contribution in [0.25, 0.3) is 0 Å². The van der Waals surface area contributed by atoms with Gasteiger partial charge in [-0.25, -0.2) is 4.98 Å². The number of hydrogen-bond donors (Lipinski definition) is 1. The summed E-state index contributed by atoms with van der Waals surface area (Å²) in [6, 6.07) is 2.76. The van der Waals surface area contributed by atoms with Gasteiger partial charge in [0.25, 0.3) is 5.69 Å². The van der Waals surface area contributed by atoms with E-state index in [1.54, 1.807) is 6.92 Å². The molecule has 0 bridgehead atoms. The van der Waals surface area contributed by atoms with Gasteiger partial charge in [-0.2, -0.15) is 0 Å². The second kappa shape index (κ2) is 5.31. The molecule has 20 heavy (non-hydrogen) atoms. The number of amides is 1. The van der Waals surface area contributed by atoms with Gasteiger partial charge in [-0.05, 0) is 13.0 Å². The second-order valence-corrected chi connectivity index (χ2v) is 3.95. The van der Waals surface area contributed by atoms with E-state index < -0.39 is 10.8 Å². The standard InChI is InChI=1S/C12H10N4O4/c1-7-2-9(16(18)19)5-15-12(7)20-10-3-8(11(13)17)4-14-6-10/h2-6H,1H3,(H2,13,17). The lowest BCUT2D eigenvalue weighted by molar-refractivity contribution is -0.385. The van der Waals surface area contributed by atoms with Gasteiger partial charge in [-0.15, -0.1) is 0 Å². The van der Waals surface area contributed by atoms with Crippen LogP contribution in [0.5, 0.6) is 11.6 Å². The molecule has 2 aromatic heterocycles. The molecular weight excluding hydrogens is 264 g/mol. The number of carbonyl (C=O) groups is 1. The fourth-order valence-electron chi connectivity index (χ4n) is 1.48. The molecule has 0 saturated carbocycles. The molecule has 0 saturated heterocycles. The van der Waals surface area contributed by atoms with Crippen LogP contribution in [0.4, 0.5) is 5.69 Å². The highest BCUT2D eigenvalue weighted by atomic mass is 16.6. The third kappa shape index (κ3) is 2.86. The van der Waals surface area contributed by atoms with Crippen molar-refractivity contribution < 1.29 is 14.5 Å². The largest absolute Gasteiger partial charge is 0.437 e. The summed E-state index contributed by atoms with van der Waals surface area (Å²) in [5, 5.41) is 10.6. The summed E-state index contributed by atoms with van der Waals surface area (Å²) in [7, 11) is 0. The predicted molar refractivity (Wildman–Crippen MR) is 68.5 cm³/mol. The van der Waals surface area contributed by atoms with Crippen LogP contribution in [0.2, 0.25) is 0 Å². The third-order valence-corrected chi connectivity index (χ3v) is 2.44. The van der Waals surface area contributed by atoms with Gasteiger partial charge in [0.15, 0.2) is 0 Å². The Morgan fingerprint density at radius 3 is 2.70 bits per heavy atom. The van der Waals surface area contributed by atoms with Crippen molar-refractivity contribution in [3.05, 3.63) is 52.0 Å². The zero-order valence-electron chi connectivity index (χ0n) is 10.4. The van der Waals surface area contributed by atoms with Crippen molar-refractivity contribution in [2.75, 3.05) is 0 Å². The summed E-state index contributed by atoms with van der Waals surface area (Å²) in [6.45, 7) is 1.63. The first kappa shape index (κ1) is 13.4. The van der Waals surface area contributed by atoms with Crippen LogP contribution in [0.3, 0.4) is 0 Å². The number of aromatic nitrogens is 2. The Morgan fingerprint density at radius 2 is 2.10 bits per heavy atom. The first-order valence-electron chi connectivity index (χ1n) is 5.51. The second-order valence-electron chi connectivity index (χ2n) is 3.95. The minimum atomic E-state index is -0.628. The maximum absolute atomic E-state index is 11.0. The molecule has 0 radical (unpaired) electrons. The van der Waals surface area contributed by atoms with E-state index in [1.165, 1.54) is 24.5 Å². The highest BCUT2D eigenvalue weighted by molar-refractivity contribution is 5.92. The molecule has 0 aliphatic rings. The van der Waals surface area contributed by atoms with Crippen molar-refractivity contribution in [3.63, 3.8) is 0 Å². The molecule has 0 atom stereocenters. The number of ether oxygens (including phenoxy) is 1. The fourth-order valence-corrected chi connectivity index (χ4v) is 1.48. The van der Waals surface area contributed by atoms with Crippen molar-refractivity contribution in [2.24, 2.45) is 5.73 Å². The Balaban J connectivity index is 2.28. The highest BCUT2D eigenvalue weighted by Gasteiger charge is 2.12. The van der Waals surface area contributed by atoms with Crippen LogP contribution in [-0.2, 0) is 0 Å². The molecule has 2 N–H and O–H groups in total. The van der Waals surface area contributed by atoms with Crippen LogP contribution >= 0.6 is 0 Å². The summed E-state index contributed by atoms with van der Waals surface area (Å²) >= 11 is 0. The van der Waals surface area contributed by atoms with E-state index in [4.69, 9.17) is 10.5 Å². The lowest BCUT2D eigenvalue weighted by Crippen LogP contribution is -2.11. The number of hydrogen-bond acceptors (Lipinski definition) is 6. The topological polar surface area (TPSA) is 121 Å². The van der Waals surface area contributed by atoms with E-state index >= 15 is 0 Å². The predicted octanol–water partition coefficient (Wildman–Crippen LogP) is 1.58. The SMILES string of the molecule is Cc1cc([N+](=O)[O-])cnc1Oc1cncc(C(N)=O)c1. The number of carbonyl (C=O) groups excluding carboxylic acids is 1. The van der Waals surface area contributed by atoms with Gasteiger partial charge in [-0.3, -0.25) is 19.9 Å². The quantitative estimate of drug-likeness (QED) is 0.667. The third-order valence-electron chi connectivity index (χ3n) is 2.44. The summed E-state index contributed by atoms with van der Waals surface area (Å²) in [5.41, 5.74) is 5.69. The maximum Gasteiger partial charge on any atom is 0.288 e. The van der Waals surface area contributed by atoms with Crippen molar-refractivity contribution in [1.82, 2.24) is 9.97 Å². The zero-order valence-corrected chi connectivity index (χ0v) is 10.4. The molecule has 0 spiro atoms. The van der Waals surface area contributed by atoms with E-state index in [9.17, 15) is 14.9 Å². The van der Waals surface area contributed by atoms with Crippen molar-refractivity contribution >= 4 is 11.6 Å². The molecule has 0 aliphatic carbocycles. The van der Waals surface area contributed by atoms with E-state index in [0.29, 0.717) is 5.56 Å². The van der Waals surface area contributed by atoms with E-state index in [0.717, 1.165) is 6.20 Å². The first-order valence-corrected chi connectivity index (χ1v) is 5.51. The monoisotopic (exact) mass is 274 g/mol. The first-order chi connectivity index (χ1) is 9.47. The molecule has 0 unspecified atom stereocenters. The van der Waals surface area contributed by atoms with Crippen LogP contribution in [0, 0.1) is 17.0 Å². The Hall–Kier alpha value is -3.03. The fraction of sp³-hybridized carbons (Fsp3) is 0.0833. The number of nitro groups is 1. The van der Waals surface area contributed by atoms with Crippen LogP contribution in [0.1, 0.15) is 15.9 Å². The van der Waals surface area contributed by atoms with Crippen molar-refractivity contribution in [2.45, 2.75) is 6.92 Å². The molecular formula is C12H10N4O4. The Kier molecular flexibility index (Phi) is 3.56. The summed E-state index contributed by atoms with van der Waals surface area (Å²) in [4.78, 5) is 28.8. The van der Waals surface area contributed by atoms with Gasteiger partial charge in [0.05, 0.1) is 16.7 Å². The van der Waals surface area contributed by atoms with E-state index in [2.05, 4.69) is 9.97 Å². The number of nitrogens with two attached hydrogens (primary N) is 1. The molecule has 0 fully saturated rings. The number of primary amides is 1. The average molecular weight is 274 g/mol. The summed E-state index contributed by atoms with van der Waals surface area (Å²) in [6.07, 6.45) is 3.79. The molecule has 1 amide bonds. The minimum Gasteiger partial charge on any atom is -0.437 e. The number of pyridine rings is 2. The Bertz CT molecular complexity index is 687. The number of rotatable bonds is 4. The maximum atomic E-state index is 11.0.